The number of hydrogen-bond acceptors (Lipinski definition) is 15. The summed E-state index contributed by atoms with van der Waals surface area (Å²) in [5, 5.41) is 23.5. The largest absolute Gasteiger partial charge is 0.460 e. The van der Waals surface area contributed by atoms with Crippen LogP contribution in [-0.4, -0.2) is 140 Å². The second kappa shape index (κ2) is 28.6. The third-order valence-electron chi connectivity index (χ3n) is 15.3. The minimum absolute atomic E-state index is 0.00915. The average molecular weight is 1030 g/mol. The molecule has 17 heteroatoms. The van der Waals surface area contributed by atoms with Crippen molar-refractivity contribution in [2.45, 2.75) is 193 Å². The van der Waals surface area contributed by atoms with Gasteiger partial charge in [0.2, 0.25) is 5.79 Å². The first-order chi connectivity index (χ1) is 34.0. The molecule has 16 atom stereocenters. The van der Waals surface area contributed by atoms with Crippen LogP contribution in [0, 0.1) is 35.5 Å². The van der Waals surface area contributed by atoms with Crippen LogP contribution in [-0.2, 0) is 61.3 Å². The van der Waals surface area contributed by atoms with Gasteiger partial charge in [0.05, 0.1) is 37.1 Å². The van der Waals surface area contributed by atoms with Crippen molar-refractivity contribution in [1.82, 2.24) is 4.90 Å². The fourth-order valence-electron chi connectivity index (χ4n) is 10.8. The maximum absolute atomic E-state index is 14.5. The molecule has 4 rings (SSSR count). The van der Waals surface area contributed by atoms with Gasteiger partial charge < -0.3 is 47.8 Å². The highest BCUT2D eigenvalue weighted by Gasteiger charge is 2.53. The van der Waals surface area contributed by atoms with Crippen LogP contribution in [0.2, 0.25) is 0 Å². The Kier molecular flexibility index (Phi) is 24.4. The van der Waals surface area contributed by atoms with E-state index in [1.54, 1.807) is 41.1 Å². The fourth-order valence-corrected chi connectivity index (χ4v) is 12.1. The van der Waals surface area contributed by atoms with Crippen LogP contribution < -0.4 is 0 Å². The summed E-state index contributed by atoms with van der Waals surface area (Å²) >= 11 is 0. The number of methoxy groups -OCH3 is 3. The molecule has 3 fully saturated rings. The normalized spacial score (nSPS) is 36.2. The van der Waals surface area contributed by atoms with Crippen molar-refractivity contribution in [3.05, 3.63) is 47.6 Å². The SMILES string of the molecule is CCCOP(C)(=O)O[C@@H]1CC[C@@H](C[C@@H](C)[C@@H]2CC(=O)C(C)=CC(C)[C@@H](O)[C@@H](OC)C(=O)[C@H](C)C[C@H](C)C=CC=CC=C(C)[C@@H](OC)C[C@@H]3CC[C@@H](C)[C@@](O)(O3)C(=O)C(=O)N3CCCC[C@H]3C(=O)O2)C[C@H]1OC. The maximum atomic E-state index is 14.5. The van der Waals surface area contributed by atoms with Gasteiger partial charge in [-0.05, 0) is 113 Å². The van der Waals surface area contributed by atoms with Gasteiger partial charge in [-0.2, -0.15) is 0 Å². The lowest BCUT2D eigenvalue weighted by molar-refractivity contribution is -0.265. The molecule has 0 aromatic rings. The molecule has 0 spiro atoms. The number of fused-ring (bicyclic) bond motifs is 3. The van der Waals surface area contributed by atoms with Crippen molar-refractivity contribution >= 4 is 36.8 Å². The number of carbonyl (C=O) groups is 5. The standard InChI is InChI=1S/C55H88NO15P/c1-13-27-68-72(12,64)71-45-25-23-41(31-48(45)66-10)30-37(5)47-33-44(57)36(4)29-39(7)50(59)51(67-11)49(58)38(6)28-34(2)19-15-14-16-20-35(3)46(65-9)32-42-24-22-40(8)55(63,70-42)52(60)53(61)56-26-18-17-21-43(56)54(62)69-47/h14-16,19-20,29,34,37-43,45-48,50-51,59,63H,13,17-18,21-28,30-33H2,1-12H3/t34-,37-,38-,39?,40-,41+,42+,43+,45-,46+,47+,48-,50-,51+,55-,72?/m1/s1. The maximum Gasteiger partial charge on any atom is 0.329 e. The third kappa shape index (κ3) is 16.9. The van der Waals surface area contributed by atoms with Gasteiger partial charge in [-0.1, -0.05) is 78.0 Å². The predicted molar refractivity (Wildman–Crippen MR) is 274 cm³/mol. The summed E-state index contributed by atoms with van der Waals surface area (Å²) in [6.07, 6.45) is 11.6. The highest BCUT2D eigenvalue weighted by atomic mass is 31.2. The van der Waals surface area contributed by atoms with Gasteiger partial charge in [-0.15, -0.1) is 0 Å². The molecule has 2 saturated heterocycles. The van der Waals surface area contributed by atoms with Gasteiger partial charge in [-0.3, -0.25) is 23.7 Å². The zero-order chi connectivity index (χ0) is 53.5. The molecule has 3 aliphatic heterocycles. The van der Waals surface area contributed by atoms with Crippen LogP contribution in [0.1, 0.15) is 139 Å². The summed E-state index contributed by atoms with van der Waals surface area (Å²) in [4.78, 5) is 72.4. The number of ether oxygens (including phenoxy) is 5. The Labute approximate surface area is 429 Å². The van der Waals surface area contributed by atoms with Crippen molar-refractivity contribution in [2.75, 3.05) is 41.1 Å². The molecule has 16 nitrogen and oxygen atoms in total. The van der Waals surface area contributed by atoms with E-state index in [9.17, 15) is 38.8 Å². The van der Waals surface area contributed by atoms with Gasteiger partial charge in [0, 0.05) is 65.1 Å². The molecule has 2 unspecified atom stereocenters. The molecule has 0 aromatic carbocycles. The van der Waals surface area contributed by atoms with Crippen LogP contribution in [0.25, 0.3) is 0 Å². The van der Waals surface area contributed by atoms with Crippen LogP contribution in [0.3, 0.4) is 0 Å². The Morgan fingerprint density at radius 2 is 1.61 bits per heavy atom. The van der Waals surface area contributed by atoms with Gasteiger partial charge in [-0.25, -0.2) is 4.79 Å². The monoisotopic (exact) mass is 1030 g/mol. The van der Waals surface area contributed by atoms with Gasteiger partial charge in [0.25, 0.3) is 11.7 Å². The van der Waals surface area contributed by atoms with Crippen molar-refractivity contribution in [1.29, 1.82) is 0 Å². The van der Waals surface area contributed by atoms with E-state index >= 15 is 0 Å². The topological polar surface area (TPSA) is 211 Å². The van der Waals surface area contributed by atoms with Crippen LogP contribution in [0.15, 0.2) is 47.6 Å². The lowest BCUT2D eigenvalue weighted by Gasteiger charge is -2.42. The van der Waals surface area contributed by atoms with Crippen LogP contribution in [0.5, 0.6) is 0 Å². The lowest BCUT2D eigenvalue weighted by atomic mass is 9.78. The molecule has 3 heterocycles. The van der Waals surface area contributed by atoms with E-state index in [2.05, 4.69) is 0 Å². The summed E-state index contributed by atoms with van der Waals surface area (Å²) < 4.78 is 54.4. The minimum Gasteiger partial charge on any atom is -0.460 e. The first kappa shape index (κ1) is 61.4. The predicted octanol–water partition coefficient (Wildman–Crippen LogP) is 8.45. The van der Waals surface area contributed by atoms with E-state index in [1.807, 2.05) is 65.0 Å². The van der Waals surface area contributed by atoms with Gasteiger partial charge in [0.1, 0.15) is 18.2 Å². The number of amides is 1. The van der Waals surface area contributed by atoms with Gasteiger partial charge >= 0.3 is 13.6 Å². The van der Waals surface area contributed by atoms with Gasteiger partial charge in [0.15, 0.2) is 11.6 Å². The number of hydrogen-bond donors (Lipinski definition) is 2. The van der Waals surface area contributed by atoms with E-state index in [1.165, 1.54) is 18.7 Å². The van der Waals surface area contributed by atoms with Crippen LogP contribution in [0.4, 0.5) is 0 Å². The molecule has 0 radical (unpaired) electrons. The number of esters is 1. The van der Waals surface area contributed by atoms with E-state index in [0.29, 0.717) is 82.8 Å². The van der Waals surface area contributed by atoms with E-state index < -0.39 is 103 Å². The minimum atomic E-state index is -3.33. The Balaban J connectivity index is 1.69. The lowest BCUT2D eigenvalue weighted by Crippen LogP contribution is -2.61. The number of carbonyl (C=O) groups excluding carboxylic acids is 5. The molecule has 2 N–H and O–H groups in total. The third-order valence-corrected chi connectivity index (χ3v) is 16.6. The van der Waals surface area contributed by atoms with Crippen molar-refractivity contribution < 1.29 is 71.5 Å². The summed E-state index contributed by atoms with van der Waals surface area (Å²) in [6.45, 7) is 16.4. The van der Waals surface area contributed by atoms with E-state index in [0.717, 1.165) is 5.57 Å². The first-order valence-electron chi connectivity index (χ1n) is 26.4. The summed E-state index contributed by atoms with van der Waals surface area (Å²) in [5.74, 6) is -8.22. The zero-order valence-corrected chi connectivity index (χ0v) is 46.1. The smallest absolute Gasteiger partial charge is 0.329 e. The molecular formula is C55H88NO15P. The quantitative estimate of drug-likeness (QED) is 0.113. The molecule has 1 saturated carbocycles. The number of aliphatic hydroxyl groups excluding tert-OH is 1. The molecule has 1 amide bonds. The van der Waals surface area contributed by atoms with Crippen molar-refractivity contribution in [3.8, 4) is 0 Å². The number of allylic oxidation sites excluding steroid dienone is 6. The second-order valence-corrected chi connectivity index (χ2v) is 23.3. The Hall–Kier alpha value is -3.18. The second-order valence-electron chi connectivity index (χ2n) is 21.3. The number of rotatable bonds is 11. The van der Waals surface area contributed by atoms with E-state index in [-0.39, 0.29) is 42.8 Å². The first-order valence-corrected chi connectivity index (χ1v) is 28.4. The molecule has 0 aromatic heterocycles. The molecule has 2 bridgehead atoms. The number of aliphatic hydroxyl groups is 2. The average Bonchev–Trinajstić information content (AvgIpc) is 3.35. The summed E-state index contributed by atoms with van der Waals surface area (Å²) in [7, 11) is 1.20. The Morgan fingerprint density at radius 3 is 2.28 bits per heavy atom. The summed E-state index contributed by atoms with van der Waals surface area (Å²) in [5.41, 5.74) is 1.17. The van der Waals surface area contributed by atoms with Crippen LogP contribution >= 0.6 is 7.60 Å². The number of piperidine rings is 1. The molecule has 4 aliphatic rings. The highest BCUT2D eigenvalue weighted by Crippen LogP contribution is 2.49. The number of nitrogens with zero attached hydrogens (tertiary/aromatic N) is 1. The molecule has 1 aliphatic carbocycles. The fraction of sp³-hybridized carbons (Fsp3) is 0.764. The van der Waals surface area contributed by atoms with Crippen molar-refractivity contribution in [2.24, 2.45) is 35.5 Å². The van der Waals surface area contributed by atoms with Crippen molar-refractivity contribution in [3.63, 3.8) is 0 Å². The Morgan fingerprint density at radius 1 is 0.889 bits per heavy atom. The summed E-state index contributed by atoms with van der Waals surface area (Å²) in [6, 6.07) is -1.17. The zero-order valence-electron chi connectivity index (χ0n) is 45.2. The number of cyclic esters (lactones) is 1. The number of Topliss-reactive ketones (excluding diaryl/α,β-unsaturated/α-hetero) is 3. The molecule has 408 valence electrons. The Bertz CT molecular complexity index is 2000. The van der Waals surface area contributed by atoms with E-state index in [4.69, 9.17) is 32.7 Å². The highest BCUT2D eigenvalue weighted by molar-refractivity contribution is 7.53. The molecule has 72 heavy (non-hydrogen) atoms. The number of ketones is 3. The molecular weight excluding hydrogens is 946 g/mol.